The van der Waals surface area contributed by atoms with Crippen molar-refractivity contribution in [3.05, 3.63) is 69.8 Å². The van der Waals surface area contributed by atoms with Gasteiger partial charge in [0, 0.05) is 6.07 Å². The normalized spacial score (nSPS) is 10.8. The van der Waals surface area contributed by atoms with E-state index < -0.39 is 10.8 Å². The molecule has 0 aliphatic carbocycles. The van der Waals surface area contributed by atoms with Crippen molar-refractivity contribution in [2.75, 3.05) is 6.61 Å². The van der Waals surface area contributed by atoms with Gasteiger partial charge in [0.2, 0.25) is 0 Å². The van der Waals surface area contributed by atoms with Gasteiger partial charge in [-0.1, -0.05) is 44.2 Å². The van der Waals surface area contributed by atoms with Gasteiger partial charge >= 0.3 is 0 Å². The summed E-state index contributed by atoms with van der Waals surface area (Å²) in [5, 5.41) is 14.6. The molecule has 0 saturated carbocycles. The Morgan fingerprint density at radius 3 is 2.64 bits per heavy atom. The summed E-state index contributed by atoms with van der Waals surface area (Å²) < 4.78 is 5.53. The van der Waals surface area contributed by atoms with Gasteiger partial charge in [-0.05, 0) is 23.6 Å². The van der Waals surface area contributed by atoms with Crippen LogP contribution in [-0.4, -0.2) is 23.7 Å². The fraction of sp³-hybridized carbons (Fsp3) is 0.222. The second kappa shape index (κ2) is 8.58. The van der Waals surface area contributed by atoms with Crippen LogP contribution in [-0.2, 0) is 4.79 Å². The maximum absolute atomic E-state index is 11.8. The SMILES string of the molecule is CC(C)c1ccccc1OCC(=O)N/N=C/c1ccccc1[N+](=O)[O-]. The number of nitro benzene ring substituents is 1. The van der Waals surface area contributed by atoms with Crippen LogP contribution in [0.15, 0.2) is 53.6 Å². The third-order valence-electron chi connectivity index (χ3n) is 3.43. The van der Waals surface area contributed by atoms with Gasteiger partial charge in [-0.15, -0.1) is 0 Å². The smallest absolute Gasteiger partial charge is 0.278 e. The largest absolute Gasteiger partial charge is 0.483 e. The molecule has 7 heteroatoms. The molecule has 0 saturated heterocycles. The third kappa shape index (κ3) is 5.13. The number of hydrogen-bond acceptors (Lipinski definition) is 5. The highest BCUT2D eigenvalue weighted by atomic mass is 16.6. The van der Waals surface area contributed by atoms with Crippen LogP contribution >= 0.6 is 0 Å². The Kier molecular flexibility index (Phi) is 6.22. The zero-order valence-electron chi connectivity index (χ0n) is 14.0. The molecule has 0 atom stereocenters. The minimum absolute atomic E-state index is 0.0809. The highest BCUT2D eigenvalue weighted by Gasteiger charge is 2.11. The summed E-state index contributed by atoms with van der Waals surface area (Å²) in [5.74, 6) is 0.472. The number of carbonyl (C=O) groups excluding carboxylic acids is 1. The summed E-state index contributed by atoms with van der Waals surface area (Å²) in [6.45, 7) is 3.89. The Morgan fingerprint density at radius 2 is 1.92 bits per heavy atom. The van der Waals surface area contributed by atoms with Crippen LogP contribution in [0.3, 0.4) is 0 Å². The average Bonchev–Trinajstić information content (AvgIpc) is 2.60. The van der Waals surface area contributed by atoms with Crippen LogP contribution in [0.5, 0.6) is 5.75 Å². The van der Waals surface area contributed by atoms with Crippen molar-refractivity contribution in [2.45, 2.75) is 19.8 Å². The molecule has 1 amide bonds. The summed E-state index contributed by atoms with van der Waals surface area (Å²) in [7, 11) is 0. The summed E-state index contributed by atoms with van der Waals surface area (Å²) in [5.41, 5.74) is 3.54. The lowest BCUT2D eigenvalue weighted by molar-refractivity contribution is -0.385. The van der Waals surface area contributed by atoms with Gasteiger partial charge < -0.3 is 4.74 Å². The number of amides is 1. The van der Waals surface area contributed by atoms with E-state index in [1.165, 1.54) is 12.3 Å². The molecule has 0 heterocycles. The topological polar surface area (TPSA) is 93.8 Å². The molecule has 2 aromatic carbocycles. The maximum atomic E-state index is 11.8. The fourth-order valence-electron chi connectivity index (χ4n) is 2.20. The minimum atomic E-state index is -0.505. The van der Waals surface area contributed by atoms with Crippen molar-refractivity contribution < 1.29 is 14.5 Å². The number of hydrogen-bond donors (Lipinski definition) is 1. The Hall–Kier alpha value is -3.22. The first-order valence-electron chi connectivity index (χ1n) is 7.76. The van der Waals surface area contributed by atoms with Gasteiger partial charge in [0.1, 0.15) is 5.75 Å². The number of ether oxygens (including phenoxy) is 1. The van der Waals surface area contributed by atoms with E-state index >= 15 is 0 Å². The Bertz CT molecular complexity index is 787. The van der Waals surface area contributed by atoms with Crippen molar-refractivity contribution >= 4 is 17.8 Å². The number of carbonyl (C=O) groups is 1. The van der Waals surface area contributed by atoms with Crippen molar-refractivity contribution in [1.29, 1.82) is 0 Å². The van der Waals surface area contributed by atoms with E-state index in [0.29, 0.717) is 11.3 Å². The molecule has 1 N–H and O–H groups in total. The van der Waals surface area contributed by atoms with Crippen LogP contribution < -0.4 is 10.2 Å². The molecule has 0 aliphatic heterocycles. The van der Waals surface area contributed by atoms with Gasteiger partial charge in [0.25, 0.3) is 11.6 Å². The lowest BCUT2D eigenvalue weighted by Crippen LogP contribution is -2.25. The van der Waals surface area contributed by atoms with Crippen molar-refractivity contribution in [3.63, 3.8) is 0 Å². The number of hydrazone groups is 1. The average molecular weight is 341 g/mol. The van der Waals surface area contributed by atoms with E-state index in [4.69, 9.17) is 4.74 Å². The van der Waals surface area contributed by atoms with Crippen LogP contribution in [0.4, 0.5) is 5.69 Å². The number of para-hydroxylation sites is 2. The molecule has 0 aromatic heterocycles. The van der Waals surface area contributed by atoms with Crippen molar-refractivity contribution in [2.24, 2.45) is 5.10 Å². The first kappa shape index (κ1) is 18.1. The standard InChI is InChI=1S/C18H19N3O4/c1-13(2)15-8-4-6-10-17(15)25-12-18(22)20-19-11-14-7-3-5-9-16(14)21(23)24/h3-11,13H,12H2,1-2H3,(H,20,22)/b19-11+. The molecule has 130 valence electrons. The molecular weight excluding hydrogens is 322 g/mol. The molecular formula is C18H19N3O4. The van der Waals surface area contributed by atoms with Gasteiger partial charge in [0.05, 0.1) is 16.7 Å². The highest BCUT2D eigenvalue weighted by molar-refractivity contribution is 5.86. The maximum Gasteiger partial charge on any atom is 0.278 e. The van der Waals surface area contributed by atoms with Gasteiger partial charge in [0.15, 0.2) is 6.61 Å². The van der Waals surface area contributed by atoms with E-state index in [0.717, 1.165) is 5.56 Å². The molecule has 0 unspecified atom stereocenters. The quantitative estimate of drug-likeness (QED) is 0.475. The molecule has 0 fully saturated rings. The monoisotopic (exact) mass is 341 g/mol. The fourth-order valence-corrected chi connectivity index (χ4v) is 2.20. The first-order chi connectivity index (χ1) is 12.0. The summed E-state index contributed by atoms with van der Waals surface area (Å²) in [4.78, 5) is 22.2. The summed E-state index contributed by atoms with van der Waals surface area (Å²) in [6, 6.07) is 13.6. The van der Waals surface area contributed by atoms with Crippen LogP contribution in [0.1, 0.15) is 30.9 Å². The van der Waals surface area contributed by atoms with Crippen LogP contribution in [0.25, 0.3) is 0 Å². The molecule has 2 aromatic rings. The minimum Gasteiger partial charge on any atom is -0.483 e. The van der Waals surface area contributed by atoms with E-state index in [1.54, 1.807) is 24.3 Å². The van der Waals surface area contributed by atoms with E-state index in [1.807, 2.05) is 32.0 Å². The summed E-state index contributed by atoms with van der Waals surface area (Å²) >= 11 is 0. The zero-order valence-corrected chi connectivity index (χ0v) is 14.0. The highest BCUT2D eigenvalue weighted by Crippen LogP contribution is 2.25. The summed E-state index contributed by atoms with van der Waals surface area (Å²) in [6.07, 6.45) is 1.23. The van der Waals surface area contributed by atoms with Gasteiger partial charge in [-0.2, -0.15) is 5.10 Å². The third-order valence-corrected chi connectivity index (χ3v) is 3.43. The predicted octanol–water partition coefficient (Wildman–Crippen LogP) is 3.25. The zero-order chi connectivity index (χ0) is 18.2. The molecule has 2 rings (SSSR count). The molecule has 0 aliphatic rings. The number of nitro groups is 1. The number of nitrogens with zero attached hydrogens (tertiary/aromatic N) is 2. The lowest BCUT2D eigenvalue weighted by atomic mass is 10.0. The van der Waals surface area contributed by atoms with E-state index in [2.05, 4.69) is 10.5 Å². The molecule has 0 bridgehead atoms. The van der Waals surface area contributed by atoms with Gasteiger partial charge in [-0.3, -0.25) is 14.9 Å². The molecule has 7 nitrogen and oxygen atoms in total. The van der Waals surface area contributed by atoms with E-state index in [9.17, 15) is 14.9 Å². The predicted molar refractivity (Wildman–Crippen MR) is 94.9 cm³/mol. The van der Waals surface area contributed by atoms with Crippen LogP contribution in [0, 0.1) is 10.1 Å². The van der Waals surface area contributed by atoms with Crippen molar-refractivity contribution in [1.82, 2.24) is 5.43 Å². The van der Waals surface area contributed by atoms with Gasteiger partial charge in [-0.25, -0.2) is 5.43 Å². The molecule has 0 spiro atoms. The number of nitrogens with one attached hydrogen (secondary N) is 1. The second-order valence-electron chi connectivity index (χ2n) is 5.59. The Labute approximate surface area is 145 Å². The number of rotatable bonds is 7. The first-order valence-corrected chi connectivity index (χ1v) is 7.76. The lowest BCUT2D eigenvalue weighted by Gasteiger charge is -2.12. The molecule has 0 radical (unpaired) electrons. The van der Waals surface area contributed by atoms with E-state index in [-0.39, 0.29) is 18.2 Å². The number of benzene rings is 2. The molecule has 25 heavy (non-hydrogen) atoms. The Morgan fingerprint density at radius 1 is 1.24 bits per heavy atom. The van der Waals surface area contributed by atoms with Crippen molar-refractivity contribution in [3.8, 4) is 5.75 Å². The Balaban J connectivity index is 1.93. The van der Waals surface area contributed by atoms with Crippen LogP contribution in [0.2, 0.25) is 0 Å². The second-order valence-corrected chi connectivity index (χ2v) is 5.59.